The van der Waals surface area contributed by atoms with E-state index in [9.17, 15) is 39.5 Å². The molecule has 15 heteroatoms. The van der Waals surface area contributed by atoms with Crippen molar-refractivity contribution in [2.24, 2.45) is 13.0 Å². The second kappa shape index (κ2) is 11.5. The van der Waals surface area contributed by atoms with Crippen LogP contribution < -0.4 is 4.90 Å². The lowest BCUT2D eigenvalue weighted by atomic mass is 9.89. The number of halogens is 9. The summed E-state index contributed by atoms with van der Waals surface area (Å²) in [5.74, 6) is -0.173. The van der Waals surface area contributed by atoms with Crippen molar-refractivity contribution in [2.75, 3.05) is 12.0 Å². The molecule has 4 rings (SSSR count). The maximum absolute atomic E-state index is 13.7. The summed E-state index contributed by atoms with van der Waals surface area (Å²) >= 11 is 0. The van der Waals surface area contributed by atoms with Crippen molar-refractivity contribution in [2.45, 2.75) is 63.4 Å². The Hall–Kier alpha value is -3.36. The van der Waals surface area contributed by atoms with Gasteiger partial charge in [-0.25, -0.2) is 0 Å². The van der Waals surface area contributed by atoms with Gasteiger partial charge in [0.2, 0.25) is 0 Å². The van der Waals surface area contributed by atoms with Crippen LogP contribution in [0.2, 0.25) is 0 Å². The Morgan fingerprint density at radius 3 is 1.93 bits per heavy atom. The van der Waals surface area contributed by atoms with Crippen LogP contribution in [0.5, 0.6) is 0 Å². The van der Waals surface area contributed by atoms with Crippen molar-refractivity contribution in [1.29, 1.82) is 0 Å². The summed E-state index contributed by atoms with van der Waals surface area (Å²) in [6.07, 6.45) is -12.0. The Balaban J connectivity index is 1.81. The standard InChI is InChI=1S/C26H26F9N5O/c1-39-37-23(36-38-39)40(13-15-9-19(25(30,31)32)12-20(10-15)26(33,34)35)14-17-11-18(24(27,28)29)7-8-21(17)22(41-2)16-5-3-4-6-16/h7-12,16,22H,3-6,13-14H2,1-2H3/t22-/m0/s1. The summed E-state index contributed by atoms with van der Waals surface area (Å²) in [5, 5.41) is 11.5. The van der Waals surface area contributed by atoms with Crippen LogP contribution in [0.1, 0.15) is 65.2 Å². The van der Waals surface area contributed by atoms with Gasteiger partial charge in [0.05, 0.1) is 29.8 Å². The average molecular weight is 596 g/mol. The molecule has 0 unspecified atom stereocenters. The molecule has 0 aliphatic heterocycles. The van der Waals surface area contributed by atoms with Gasteiger partial charge < -0.3 is 9.64 Å². The van der Waals surface area contributed by atoms with Crippen LogP contribution in [0.25, 0.3) is 0 Å². The molecule has 2 aromatic carbocycles. The predicted molar refractivity (Wildman–Crippen MR) is 128 cm³/mol. The third-order valence-electron chi connectivity index (χ3n) is 7.02. The van der Waals surface area contributed by atoms with E-state index in [-0.39, 0.29) is 30.0 Å². The van der Waals surface area contributed by atoms with Crippen molar-refractivity contribution in [3.8, 4) is 0 Å². The lowest BCUT2D eigenvalue weighted by molar-refractivity contribution is -0.143. The molecular weight excluding hydrogens is 569 g/mol. The van der Waals surface area contributed by atoms with E-state index in [2.05, 4.69) is 15.4 Å². The molecule has 1 heterocycles. The molecule has 1 saturated carbocycles. The van der Waals surface area contributed by atoms with Gasteiger partial charge in [-0.15, -0.1) is 5.10 Å². The molecule has 6 nitrogen and oxygen atoms in total. The third-order valence-corrected chi connectivity index (χ3v) is 7.02. The Morgan fingerprint density at radius 2 is 1.44 bits per heavy atom. The fourth-order valence-corrected chi connectivity index (χ4v) is 5.16. The number of hydrogen-bond donors (Lipinski definition) is 0. The average Bonchev–Trinajstić information content (AvgIpc) is 3.55. The molecule has 0 radical (unpaired) electrons. The summed E-state index contributed by atoms with van der Waals surface area (Å²) in [4.78, 5) is 2.20. The Bertz CT molecular complexity index is 1310. The highest BCUT2D eigenvalue weighted by molar-refractivity contribution is 5.42. The van der Waals surface area contributed by atoms with Crippen LogP contribution in [-0.4, -0.2) is 27.3 Å². The quantitative estimate of drug-likeness (QED) is 0.255. The molecule has 224 valence electrons. The minimum Gasteiger partial charge on any atom is -0.376 e. The second-order valence-corrected chi connectivity index (χ2v) is 9.96. The van der Waals surface area contributed by atoms with E-state index in [1.54, 1.807) is 0 Å². The molecule has 3 aromatic rings. The fourth-order valence-electron chi connectivity index (χ4n) is 5.16. The van der Waals surface area contributed by atoms with Gasteiger partial charge in [-0.05, 0) is 71.0 Å². The number of benzene rings is 2. The second-order valence-electron chi connectivity index (χ2n) is 9.96. The van der Waals surface area contributed by atoms with E-state index in [0.29, 0.717) is 17.7 Å². The first kappa shape index (κ1) is 30.6. The lowest BCUT2D eigenvalue weighted by Gasteiger charge is -2.28. The van der Waals surface area contributed by atoms with E-state index in [4.69, 9.17) is 4.74 Å². The summed E-state index contributed by atoms with van der Waals surface area (Å²) in [5.41, 5.74) is -3.85. The lowest BCUT2D eigenvalue weighted by Crippen LogP contribution is -2.26. The molecule has 1 aliphatic rings. The molecule has 1 atom stereocenters. The van der Waals surface area contributed by atoms with Crippen molar-refractivity contribution in [3.63, 3.8) is 0 Å². The largest absolute Gasteiger partial charge is 0.416 e. The zero-order valence-electron chi connectivity index (χ0n) is 21.9. The zero-order chi connectivity index (χ0) is 30.2. The predicted octanol–water partition coefficient (Wildman–Crippen LogP) is 7.35. The Kier molecular flexibility index (Phi) is 8.58. The van der Waals surface area contributed by atoms with Crippen LogP contribution in [0, 0.1) is 5.92 Å². The van der Waals surface area contributed by atoms with Crippen molar-refractivity contribution < 1.29 is 44.3 Å². The number of nitrogens with zero attached hydrogens (tertiary/aromatic N) is 5. The van der Waals surface area contributed by atoms with Crippen molar-refractivity contribution in [3.05, 3.63) is 69.8 Å². The smallest absolute Gasteiger partial charge is 0.376 e. The molecule has 41 heavy (non-hydrogen) atoms. The number of methoxy groups -OCH3 is 1. The molecule has 1 aromatic heterocycles. The maximum Gasteiger partial charge on any atom is 0.416 e. The van der Waals surface area contributed by atoms with Crippen LogP contribution in [0.15, 0.2) is 36.4 Å². The molecule has 0 N–H and O–H groups in total. The van der Waals surface area contributed by atoms with Gasteiger partial charge in [0.1, 0.15) is 0 Å². The van der Waals surface area contributed by atoms with Crippen LogP contribution in [0.4, 0.5) is 45.5 Å². The molecular formula is C26H26F9N5O. The zero-order valence-corrected chi connectivity index (χ0v) is 21.9. The number of hydrogen-bond acceptors (Lipinski definition) is 5. The first-order valence-electron chi connectivity index (χ1n) is 12.6. The molecule has 0 amide bonds. The monoisotopic (exact) mass is 595 g/mol. The highest BCUT2D eigenvalue weighted by Crippen LogP contribution is 2.41. The Labute approximate surface area is 229 Å². The van der Waals surface area contributed by atoms with Gasteiger partial charge in [0.15, 0.2) is 0 Å². The van der Waals surface area contributed by atoms with Gasteiger partial charge in [0.25, 0.3) is 5.95 Å². The van der Waals surface area contributed by atoms with Gasteiger partial charge in [0, 0.05) is 20.2 Å². The van der Waals surface area contributed by atoms with Crippen molar-refractivity contribution in [1.82, 2.24) is 20.2 Å². The van der Waals surface area contributed by atoms with Gasteiger partial charge >= 0.3 is 18.5 Å². The first-order valence-corrected chi connectivity index (χ1v) is 12.6. The molecule has 0 bridgehead atoms. The SMILES string of the molecule is CO[C@H](c1ccc(C(F)(F)F)cc1CN(Cc1cc(C(F)(F)F)cc(C(F)(F)F)c1)c1nnn(C)n1)C1CCCC1. The number of anilines is 1. The normalized spacial score (nSPS) is 15.9. The van der Waals surface area contributed by atoms with Crippen molar-refractivity contribution >= 4 is 5.95 Å². The van der Waals surface area contributed by atoms with Gasteiger partial charge in [-0.3, -0.25) is 0 Å². The van der Waals surface area contributed by atoms with E-state index in [1.807, 2.05) is 0 Å². The third kappa shape index (κ3) is 7.29. The molecule has 0 spiro atoms. The summed E-state index contributed by atoms with van der Waals surface area (Å²) in [6.45, 7) is -0.968. The molecule has 0 saturated heterocycles. The van der Waals surface area contributed by atoms with Gasteiger partial charge in [-0.2, -0.15) is 44.3 Å². The summed E-state index contributed by atoms with van der Waals surface area (Å²) in [7, 11) is 2.82. The topological polar surface area (TPSA) is 56.1 Å². The number of aryl methyl sites for hydroxylation is 1. The minimum absolute atomic E-state index is 0.00407. The van der Waals surface area contributed by atoms with E-state index in [0.717, 1.165) is 42.6 Å². The number of rotatable bonds is 8. The number of aromatic nitrogens is 4. The maximum atomic E-state index is 13.7. The Morgan fingerprint density at radius 1 is 0.854 bits per heavy atom. The molecule has 1 aliphatic carbocycles. The van der Waals surface area contributed by atoms with E-state index in [1.165, 1.54) is 25.1 Å². The number of ether oxygens (including phenoxy) is 1. The highest BCUT2D eigenvalue weighted by atomic mass is 19.4. The van der Waals surface area contributed by atoms with Gasteiger partial charge in [-0.1, -0.05) is 24.0 Å². The summed E-state index contributed by atoms with van der Waals surface area (Å²) < 4.78 is 128. The molecule has 1 fully saturated rings. The number of alkyl halides is 9. The fraction of sp³-hybridized carbons (Fsp3) is 0.500. The van der Waals surface area contributed by atoms with E-state index < -0.39 is 53.4 Å². The highest BCUT2D eigenvalue weighted by Gasteiger charge is 2.38. The van der Waals surface area contributed by atoms with E-state index >= 15 is 0 Å². The summed E-state index contributed by atoms with van der Waals surface area (Å²) in [6, 6.07) is 4.26. The van der Waals surface area contributed by atoms with Crippen LogP contribution in [0.3, 0.4) is 0 Å². The first-order chi connectivity index (χ1) is 19.1. The van der Waals surface area contributed by atoms with Crippen LogP contribution >= 0.6 is 0 Å². The number of tetrazole rings is 1. The minimum atomic E-state index is -5.08. The van der Waals surface area contributed by atoms with Crippen LogP contribution in [-0.2, 0) is 43.4 Å².